The zero-order valence-corrected chi connectivity index (χ0v) is 13.6. The number of nitrogens with one attached hydrogen (secondary N) is 1. The second kappa shape index (κ2) is 6.91. The predicted octanol–water partition coefficient (Wildman–Crippen LogP) is 1.10. The number of carbonyl (C=O) groups excluding carboxylic acids is 1. The van der Waals surface area contributed by atoms with Crippen molar-refractivity contribution in [1.82, 2.24) is 5.32 Å². The summed E-state index contributed by atoms with van der Waals surface area (Å²) in [6, 6.07) is 3.21. The second-order valence-corrected chi connectivity index (χ2v) is 6.97. The van der Waals surface area contributed by atoms with Crippen LogP contribution in [0.3, 0.4) is 0 Å². The van der Waals surface area contributed by atoms with E-state index in [1.807, 2.05) is 13.8 Å². The van der Waals surface area contributed by atoms with E-state index in [2.05, 4.69) is 5.32 Å². The summed E-state index contributed by atoms with van der Waals surface area (Å²) >= 11 is 0. The van der Waals surface area contributed by atoms with Gasteiger partial charge in [0.05, 0.1) is 0 Å². The Morgan fingerprint density at radius 1 is 1.33 bits per heavy atom. The van der Waals surface area contributed by atoms with Gasteiger partial charge in [0, 0.05) is 6.54 Å². The number of ether oxygens (including phenoxy) is 1. The van der Waals surface area contributed by atoms with Crippen molar-refractivity contribution in [1.29, 1.82) is 0 Å². The summed E-state index contributed by atoms with van der Waals surface area (Å²) in [5, 5.41) is 7.89. The van der Waals surface area contributed by atoms with E-state index in [0.717, 1.165) is 5.56 Å². The van der Waals surface area contributed by atoms with Crippen LogP contribution in [0.25, 0.3) is 0 Å². The third kappa shape index (κ3) is 5.35. The highest BCUT2D eigenvalue weighted by atomic mass is 32.2. The molecule has 0 saturated carbocycles. The van der Waals surface area contributed by atoms with Gasteiger partial charge in [0.1, 0.15) is 10.6 Å². The molecule has 118 valence electrons. The van der Waals surface area contributed by atoms with Crippen LogP contribution in [0.4, 0.5) is 0 Å². The molecule has 0 spiro atoms. The molecule has 0 aromatic heterocycles. The van der Waals surface area contributed by atoms with Gasteiger partial charge in [0.2, 0.25) is 10.0 Å². The van der Waals surface area contributed by atoms with Gasteiger partial charge in [-0.1, -0.05) is 19.9 Å². The molecule has 0 aliphatic heterocycles. The molecule has 0 unspecified atom stereocenters. The zero-order chi connectivity index (χ0) is 16.2. The maximum absolute atomic E-state index is 11.6. The minimum atomic E-state index is -3.91. The molecule has 6 nitrogen and oxygen atoms in total. The molecule has 0 heterocycles. The van der Waals surface area contributed by atoms with Gasteiger partial charge in [-0.05, 0) is 37.0 Å². The summed E-state index contributed by atoms with van der Waals surface area (Å²) in [4.78, 5) is 11.5. The molecule has 0 aliphatic rings. The smallest absolute Gasteiger partial charge is 0.257 e. The van der Waals surface area contributed by atoms with Crippen LogP contribution in [-0.2, 0) is 14.8 Å². The Labute approximate surface area is 125 Å². The first-order valence-corrected chi connectivity index (χ1v) is 8.19. The highest BCUT2D eigenvalue weighted by molar-refractivity contribution is 7.89. The Morgan fingerprint density at radius 2 is 1.95 bits per heavy atom. The maximum Gasteiger partial charge on any atom is 0.257 e. The van der Waals surface area contributed by atoms with Crippen LogP contribution in [-0.4, -0.2) is 27.5 Å². The van der Waals surface area contributed by atoms with Gasteiger partial charge in [-0.15, -0.1) is 0 Å². The molecule has 0 atom stereocenters. The van der Waals surface area contributed by atoms with Crippen molar-refractivity contribution in [3.05, 3.63) is 23.3 Å². The number of hydrogen-bond acceptors (Lipinski definition) is 4. The van der Waals surface area contributed by atoms with Crippen LogP contribution in [0.5, 0.6) is 5.75 Å². The van der Waals surface area contributed by atoms with E-state index in [-0.39, 0.29) is 23.2 Å². The Hall–Kier alpha value is -1.60. The third-order valence-corrected chi connectivity index (χ3v) is 3.66. The van der Waals surface area contributed by atoms with Crippen LogP contribution in [0.1, 0.15) is 25.0 Å². The lowest BCUT2D eigenvalue weighted by molar-refractivity contribution is -0.123. The number of amides is 1. The zero-order valence-electron chi connectivity index (χ0n) is 12.8. The van der Waals surface area contributed by atoms with Crippen molar-refractivity contribution in [3.8, 4) is 5.75 Å². The first-order valence-electron chi connectivity index (χ1n) is 6.64. The fourth-order valence-corrected chi connectivity index (χ4v) is 2.65. The average Bonchev–Trinajstić information content (AvgIpc) is 2.33. The summed E-state index contributed by atoms with van der Waals surface area (Å²) in [7, 11) is -3.91. The number of hydrogen-bond donors (Lipinski definition) is 2. The van der Waals surface area contributed by atoms with Crippen LogP contribution in [0.15, 0.2) is 17.0 Å². The lowest BCUT2D eigenvalue weighted by atomic mass is 10.1. The van der Waals surface area contributed by atoms with Gasteiger partial charge in [0.25, 0.3) is 5.91 Å². The van der Waals surface area contributed by atoms with E-state index in [4.69, 9.17) is 9.88 Å². The van der Waals surface area contributed by atoms with E-state index in [1.165, 1.54) is 6.07 Å². The molecule has 7 heteroatoms. The van der Waals surface area contributed by atoms with Gasteiger partial charge in [-0.25, -0.2) is 13.6 Å². The van der Waals surface area contributed by atoms with E-state index in [0.29, 0.717) is 18.0 Å². The van der Waals surface area contributed by atoms with E-state index >= 15 is 0 Å². The number of aryl methyl sites for hydroxylation is 2. The van der Waals surface area contributed by atoms with Gasteiger partial charge >= 0.3 is 0 Å². The number of benzene rings is 1. The molecule has 1 aromatic rings. The molecule has 1 amide bonds. The molecule has 0 aliphatic carbocycles. The number of rotatable bonds is 6. The number of nitrogens with two attached hydrogens (primary N) is 1. The number of sulfonamides is 1. The van der Waals surface area contributed by atoms with Crippen molar-refractivity contribution in [2.24, 2.45) is 11.1 Å². The highest BCUT2D eigenvalue weighted by Gasteiger charge is 2.19. The van der Waals surface area contributed by atoms with Crippen molar-refractivity contribution in [3.63, 3.8) is 0 Å². The fourth-order valence-electron chi connectivity index (χ4n) is 1.82. The predicted molar refractivity (Wildman–Crippen MR) is 80.6 cm³/mol. The SMILES string of the molecule is Cc1cc(C)c(OCC(=O)NCC(C)C)c(S(N)(=O)=O)c1. The Balaban J connectivity index is 2.91. The standard InChI is InChI=1S/C14H22N2O4S/c1-9(2)7-16-13(17)8-20-14-11(4)5-10(3)6-12(14)21(15,18)19/h5-6,9H,7-8H2,1-4H3,(H,16,17)(H2,15,18,19). The lowest BCUT2D eigenvalue weighted by Crippen LogP contribution is -2.32. The van der Waals surface area contributed by atoms with Crippen LogP contribution in [0.2, 0.25) is 0 Å². The highest BCUT2D eigenvalue weighted by Crippen LogP contribution is 2.28. The Kier molecular flexibility index (Phi) is 5.74. The molecule has 1 aromatic carbocycles. The van der Waals surface area contributed by atoms with Gasteiger partial charge < -0.3 is 10.1 Å². The minimum absolute atomic E-state index is 0.100. The molecular formula is C14H22N2O4S. The summed E-state index contributed by atoms with van der Waals surface area (Å²) in [5.74, 6) is 0.155. The molecule has 1 rings (SSSR count). The molecule has 3 N–H and O–H groups in total. The second-order valence-electron chi connectivity index (χ2n) is 5.44. The lowest BCUT2D eigenvalue weighted by Gasteiger charge is -2.14. The summed E-state index contributed by atoms with van der Waals surface area (Å²) in [5.41, 5.74) is 1.38. The van der Waals surface area contributed by atoms with Crippen molar-refractivity contribution >= 4 is 15.9 Å². The first-order chi connectivity index (χ1) is 9.61. The monoisotopic (exact) mass is 314 g/mol. The summed E-state index contributed by atoms with van der Waals surface area (Å²) in [6.45, 7) is 7.72. The van der Waals surface area contributed by atoms with E-state index in [9.17, 15) is 13.2 Å². The normalized spacial score (nSPS) is 11.5. The first kappa shape index (κ1) is 17.5. The Morgan fingerprint density at radius 3 is 2.48 bits per heavy atom. The topological polar surface area (TPSA) is 98.5 Å². The number of primary sulfonamides is 1. The van der Waals surface area contributed by atoms with Crippen molar-refractivity contribution in [2.75, 3.05) is 13.2 Å². The molecule has 21 heavy (non-hydrogen) atoms. The van der Waals surface area contributed by atoms with Crippen molar-refractivity contribution in [2.45, 2.75) is 32.6 Å². The molecule has 0 saturated heterocycles. The molecular weight excluding hydrogens is 292 g/mol. The van der Waals surface area contributed by atoms with Gasteiger partial charge in [0.15, 0.2) is 6.61 Å². The minimum Gasteiger partial charge on any atom is -0.482 e. The van der Waals surface area contributed by atoms with E-state index in [1.54, 1.807) is 19.9 Å². The van der Waals surface area contributed by atoms with Crippen molar-refractivity contribution < 1.29 is 17.9 Å². The molecule has 0 fully saturated rings. The third-order valence-electron chi connectivity index (χ3n) is 2.75. The largest absolute Gasteiger partial charge is 0.482 e. The van der Waals surface area contributed by atoms with E-state index < -0.39 is 10.0 Å². The Bertz CT molecular complexity index is 624. The average molecular weight is 314 g/mol. The fraction of sp³-hybridized carbons (Fsp3) is 0.500. The van der Waals surface area contributed by atoms with Crippen LogP contribution >= 0.6 is 0 Å². The number of carbonyl (C=O) groups is 1. The molecule has 0 bridgehead atoms. The molecule has 0 radical (unpaired) electrons. The maximum atomic E-state index is 11.6. The summed E-state index contributed by atoms with van der Waals surface area (Å²) in [6.07, 6.45) is 0. The van der Waals surface area contributed by atoms with Gasteiger partial charge in [-0.3, -0.25) is 4.79 Å². The van der Waals surface area contributed by atoms with Crippen LogP contribution < -0.4 is 15.2 Å². The van der Waals surface area contributed by atoms with Gasteiger partial charge in [-0.2, -0.15) is 0 Å². The van der Waals surface area contributed by atoms with Crippen LogP contribution in [0, 0.1) is 19.8 Å². The summed E-state index contributed by atoms with van der Waals surface area (Å²) < 4.78 is 28.6. The quantitative estimate of drug-likeness (QED) is 0.821.